The van der Waals surface area contributed by atoms with Gasteiger partial charge in [0.2, 0.25) is 0 Å². The number of ether oxygens (including phenoxy) is 1. The van der Waals surface area contributed by atoms with Gasteiger partial charge in [-0.05, 0) is 54.9 Å². The minimum Gasteiger partial charge on any atom is -0.378 e. The van der Waals surface area contributed by atoms with Crippen molar-refractivity contribution in [3.63, 3.8) is 0 Å². The molecule has 0 saturated heterocycles. The Labute approximate surface area is 125 Å². The Morgan fingerprint density at radius 2 is 1.90 bits per heavy atom. The number of hydrogen-bond donors (Lipinski definition) is 0. The van der Waals surface area contributed by atoms with Crippen LogP contribution in [0.15, 0.2) is 58.4 Å². The third-order valence-corrected chi connectivity index (χ3v) is 7.33. The Hall–Kier alpha value is -0.990. The molecule has 0 radical (unpaired) electrons. The van der Waals surface area contributed by atoms with Crippen molar-refractivity contribution in [1.82, 2.24) is 0 Å². The first-order valence-corrected chi connectivity index (χ1v) is 9.63. The molecule has 20 heavy (non-hydrogen) atoms. The lowest BCUT2D eigenvalue weighted by Gasteiger charge is -2.39. The van der Waals surface area contributed by atoms with Crippen molar-refractivity contribution in [2.24, 2.45) is 0 Å². The summed E-state index contributed by atoms with van der Waals surface area (Å²) in [5.41, 5.74) is 0. The van der Waals surface area contributed by atoms with Crippen LogP contribution in [0.25, 0.3) is 0 Å². The van der Waals surface area contributed by atoms with Gasteiger partial charge in [-0.15, -0.1) is 0 Å². The van der Waals surface area contributed by atoms with E-state index in [1.807, 2.05) is 0 Å². The molecular weight excluding hydrogens is 264 g/mol. The largest absolute Gasteiger partial charge is 0.378 e. The Morgan fingerprint density at radius 3 is 2.50 bits per heavy atom. The van der Waals surface area contributed by atoms with Crippen LogP contribution in [0, 0.1) is 0 Å². The van der Waals surface area contributed by atoms with Crippen LogP contribution < -0.4 is 0 Å². The molecule has 1 atom stereocenters. The van der Waals surface area contributed by atoms with Gasteiger partial charge in [0.25, 0.3) is 0 Å². The van der Waals surface area contributed by atoms with E-state index in [2.05, 4.69) is 68.7 Å². The van der Waals surface area contributed by atoms with Gasteiger partial charge in [0.05, 0.1) is 12.7 Å². The third kappa shape index (κ3) is 3.77. The Bertz CT molecular complexity index is 475. The van der Waals surface area contributed by atoms with Gasteiger partial charge in [-0.3, -0.25) is 0 Å². The molecule has 1 nitrogen and oxygen atoms in total. The van der Waals surface area contributed by atoms with Crippen molar-refractivity contribution in [1.29, 1.82) is 0 Å². The van der Waals surface area contributed by atoms with Crippen LogP contribution in [-0.2, 0) is 4.74 Å². The van der Waals surface area contributed by atoms with Crippen molar-refractivity contribution in [2.45, 2.75) is 37.7 Å². The predicted octanol–water partition coefficient (Wildman–Crippen LogP) is 5.14. The van der Waals surface area contributed by atoms with Crippen LogP contribution in [-0.4, -0.2) is 24.7 Å². The molecule has 0 spiro atoms. The molecule has 0 heterocycles. The Morgan fingerprint density at radius 1 is 1.15 bits per heavy atom. The molecule has 0 aliphatic heterocycles. The summed E-state index contributed by atoms with van der Waals surface area (Å²) >= 11 is 0. The van der Waals surface area contributed by atoms with Crippen molar-refractivity contribution in [3.05, 3.63) is 53.5 Å². The zero-order valence-electron chi connectivity index (χ0n) is 12.8. The van der Waals surface area contributed by atoms with E-state index in [1.165, 1.54) is 22.6 Å². The topological polar surface area (TPSA) is 9.23 Å². The Balaban J connectivity index is 2.23. The van der Waals surface area contributed by atoms with Crippen LogP contribution in [0.2, 0.25) is 0 Å². The second-order valence-corrected chi connectivity index (χ2v) is 9.14. The number of benzene rings is 1. The summed E-state index contributed by atoms with van der Waals surface area (Å²) < 4.78 is 5.82. The fraction of sp³-hybridized carbons (Fsp3) is 0.444. The Kier molecular flexibility index (Phi) is 5.50. The molecule has 2 rings (SSSR count). The molecule has 2 heteroatoms. The van der Waals surface area contributed by atoms with Crippen molar-refractivity contribution >= 4 is 10.0 Å². The van der Waals surface area contributed by atoms with Gasteiger partial charge >= 0.3 is 0 Å². The first-order valence-electron chi connectivity index (χ1n) is 7.42. The summed E-state index contributed by atoms with van der Waals surface area (Å²) in [6.07, 6.45) is 12.2. The second kappa shape index (κ2) is 7.14. The molecule has 0 N–H and O–H groups in total. The lowest BCUT2D eigenvalue weighted by molar-refractivity contribution is 0.0917. The molecule has 0 bridgehead atoms. The summed E-state index contributed by atoms with van der Waals surface area (Å²) in [7, 11) is -0.966. The molecule has 1 unspecified atom stereocenters. The van der Waals surface area contributed by atoms with Crippen LogP contribution >= 0.6 is 10.0 Å². The summed E-state index contributed by atoms with van der Waals surface area (Å²) in [5.74, 6) is 1.10. The first kappa shape index (κ1) is 15.4. The molecule has 1 aromatic rings. The van der Waals surface area contributed by atoms with E-state index in [0.717, 1.165) is 12.4 Å². The van der Waals surface area contributed by atoms with E-state index in [1.54, 1.807) is 0 Å². The highest BCUT2D eigenvalue weighted by Gasteiger charge is 2.24. The molecule has 0 fully saturated rings. The van der Waals surface area contributed by atoms with Crippen LogP contribution in [0.5, 0.6) is 0 Å². The fourth-order valence-corrected chi connectivity index (χ4v) is 5.28. The highest BCUT2D eigenvalue weighted by Crippen LogP contribution is 2.60. The maximum atomic E-state index is 5.82. The molecule has 0 aromatic heterocycles. The zero-order chi connectivity index (χ0) is 14.4. The molecule has 0 amide bonds. The van der Waals surface area contributed by atoms with E-state index in [9.17, 15) is 0 Å². The van der Waals surface area contributed by atoms with E-state index in [4.69, 9.17) is 4.74 Å². The fourth-order valence-electron chi connectivity index (χ4n) is 2.47. The summed E-state index contributed by atoms with van der Waals surface area (Å²) in [6, 6.07) is 10.9. The quantitative estimate of drug-likeness (QED) is 0.705. The minimum atomic E-state index is -0.966. The summed E-state index contributed by atoms with van der Waals surface area (Å²) in [4.78, 5) is 2.98. The molecular formula is C18H26OS. The monoisotopic (exact) mass is 290 g/mol. The predicted molar refractivity (Wildman–Crippen MR) is 90.6 cm³/mol. The minimum absolute atomic E-state index is 0.310. The summed E-state index contributed by atoms with van der Waals surface area (Å²) in [5, 5.41) is 0. The lowest BCUT2D eigenvalue weighted by atomic mass is 10.2. The van der Waals surface area contributed by atoms with Gasteiger partial charge in [-0.25, -0.2) is 0 Å². The average molecular weight is 290 g/mol. The number of rotatable bonds is 6. The zero-order valence-corrected chi connectivity index (χ0v) is 13.7. The van der Waals surface area contributed by atoms with Crippen LogP contribution in [0.3, 0.4) is 0 Å². The van der Waals surface area contributed by atoms with Crippen LogP contribution in [0.1, 0.15) is 26.7 Å². The van der Waals surface area contributed by atoms with Crippen molar-refractivity contribution in [3.8, 4) is 0 Å². The molecule has 0 saturated carbocycles. The highest BCUT2D eigenvalue weighted by atomic mass is 32.3. The normalized spacial score (nSPS) is 19.5. The SMILES string of the molecule is CC(C)OCCS(C)(C1=CCCC=C1)c1ccccc1. The standard InChI is InChI=1S/C18H26OS/c1-16(2)19-14-15-20(3,17-10-6-4-7-11-17)18-12-8-5-9-13-18/h4,6-8,10-13,16H,5,9,14-15H2,1-3H3. The number of allylic oxidation sites excluding steroid dienone is 3. The highest BCUT2D eigenvalue weighted by molar-refractivity contribution is 8.36. The van der Waals surface area contributed by atoms with Gasteiger partial charge in [0.15, 0.2) is 0 Å². The first-order chi connectivity index (χ1) is 9.63. The van der Waals surface area contributed by atoms with Gasteiger partial charge in [-0.2, -0.15) is 10.0 Å². The lowest BCUT2D eigenvalue weighted by Crippen LogP contribution is -2.15. The van der Waals surface area contributed by atoms with E-state index < -0.39 is 10.0 Å². The molecule has 1 aliphatic carbocycles. The van der Waals surface area contributed by atoms with Gasteiger partial charge in [0, 0.05) is 5.75 Å². The molecule has 1 aromatic carbocycles. The molecule has 1 aliphatic rings. The maximum absolute atomic E-state index is 5.82. The second-order valence-electron chi connectivity index (χ2n) is 5.61. The van der Waals surface area contributed by atoms with E-state index in [-0.39, 0.29) is 0 Å². The van der Waals surface area contributed by atoms with E-state index in [0.29, 0.717) is 6.10 Å². The average Bonchev–Trinajstić information content (AvgIpc) is 2.48. The smallest absolute Gasteiger partial charge is 0.0551 e. The third-order valence-electron chi connectivity index (χ3n) is 3.69. The van der Waals surface area contributed by atoms with Gasteiger partial charge < -0.3 is 4.74 Å². The summed E-state index contributed by atoms with van der Waals surface area (Å²) in [6.45, 7) is 5.05. The van der Waals surface area contributed by atoms with Gasteiger partial charge in [-0.1, -0.05) is 36.4 Å². The van der Waals surface area contributed by atoms with Crippen LogP contribution in [0.4, 0.5) is 0 Å². The van der Waals surface area contributed by atoms with Crippen molar-refractivity contribution < 1.29 is 4.74 Å². The molecule has 110 valence electrons. The van der Waals surface area contributed by atoms with E-state index >= 15 is 0 Å². The number of hydrogen-bond acceptors (Lipinski definition) is 1. The maximum Gasteiger partial charge on any atom is 0.0551 e. The van der Waals surface area contributed by atoms with Gasteiger partial charge in [0.1, 0.15) is 0 Å². The van der Waals surface area contributed by atoms with Crippen molar-refractivity contribution in [2.75, 3.05) is 18.6 Å².